The van der Waals surface area contributed by atoms with Gasteiger partial charge in [0.2, 0.25) is 11.8 Å². The predicted octanol–water partition coefficient (Wildman–Crippen LogP) is -0.564. The molecule has 0 spiro atoms. The van der Waals surface area contributed by atoms with Crippen LogP contribution in [0.1, 0.15) is 27.2 Å². The molecule has 146 valence electrons. The smallest absolute Gasteiger partial charge is 0.324 e. The van der Waals surface area contributed by atoms with Gasteiger partial charge in [0.05, 0.1) is 35.4 Å². The molecule has 2 N–H and O–H groups in total. The molecule has 1 aliphatic carbocycles. The van der Waals surface area contributed by atoms with Crippen molar-refractivity contribution in [3.05, 3.63) is 0 Å². The molecule has 4 aliphatic rings. The lowest BCUT2D eigenvalue weighted by Crippen LogP contribution is -2.90. The number of esters is 1. The van der Waals surface area contributed by atoms with Crippen LogP contribution in [0, 0.1) is 16.7 Å². The van der Waals surface area contributed by atoms with Gasteiger partial charge in [-0.1, -0.05) is 6.92 Å². The van der Waals surface area contributed by atoms with E-state index in [9.17, 15) is 24.0 Å². The Morgan fingerprint density at radius 3 is 1.85 bits per heavy atom. The monoisotopic (exact) mass is 378 g/mol. The second-order valence-electron chi connectivity index (χ2n) is 7.98. The number of nitrogens with zero attached hydrogens (tertiary/aromatic N) is 2. The van der Waals surface area contributed by atoms with Crippen LogP contribution in [0.4, 0.5) is 9.59 Å². The zero-order valence-corrected chi connectivity index (χ0v) is 15.4. The minimum atomic E-state index is -1.20. The highest BCUT2D eigenvalue weighted by Crippen LogP contribution is 2.63. The number of urea groups is 2. The van der Waals surface area contributed by atoms with E-state index in [1.807, 2.05) is 6.92 Å². The fraction of sp³-hybridized carbons (Fsp3) is 0.706. The molecule has 3 saturated heterocycles. The van der Waals surface area contributed by atoms with Gasteiger partial charge in [0.25, 0.3) is 0 Å². The molecule has 0 aromatic carbocycles. The third-order valence-electron chi connectivity index (χ3n) is 6.75. The predicted molar refractivity (Wildman–Crippen MR) is 89.0 cm³/mol. The summed E-state index contributed by atoms with van der Waals surface area (Å²) in [5.74, 6) is -2.34. The number of carbonyl (C=O) groups excluding carboxylic acids is 5. The normalized spacial score (nSPS) is 39.7. The summed E-state index contributed by atoms with van der Waals surface area (Å²) in [6, 6.07) is -2.55. The van der Waals surface area contributed by atoms with E-state index >= 15 is 0 Å². The Morgan fingerprint density at radius 2 is 1.44 bits per heavy atom. The first-order valence-corrected chi connectivity index (χ1v) is 9.08. The zero-order chi connectivity index (χ0) is 19.7. The van der Waals surface area contributed by atoms with Crippen LogP contribution in [0.2, 0.25) is 0 Å². The zero-order valence-electron chi connectivity index (χ0n) is 15.4. The molecule has 4 unspecified atom stereocenters. The van der Waals surface area contributed by atoms with Crippen molar-refractivity contribution in [2.45, 2.75) is 39.3 Å². The average molecular weight is 378 g/mol. The third kappa shape index (κ3) is 1.93. The lowest BCUT2D eigenvalue weighted by molar-refractivity contribution is -0.209. The lowest BCUT2D eigenvalue weighted by Gasteiger charge is -2.70. The van der Waals surface area contributed by atoms with E-state index in [1.54, 1.807) is 13.8 Å². The molecular weight excluding hydrogens is 356 g/mol. The number of hydrogen-bond acceptors (Lipinski definition) is 6. The first kappa shape index (κ1) is 17.7. The summed E-state index contributed by atoms with van der Waals surface area (Å²) in [5, 5.41) is 4.62. The Hall–Kier alpha value is -2.65. The Bertz CT molecular complexity index is 729. The molecule has 3 aliphatic heterocycles. The van der Waals surface area contributed by atoms with Gasteiger partial charge < -0.3 is 14.5 Å². The molecule has 27 heavy (non-hydrogen) atoms. The number of hydrogen-bond donors (Lipinski definition) is 2. The van der Waals surface area contributed by atoms with E-state index in [0.717, 1.165) is 0 Å². The van der Waals surface area contributed by atoms with Crippen molar-refractivity contribution < 1.29 is 28.7 Å². The summed E-state index contributed by atoms with van der Waals surface area (Å²) in [7, 11) is 0. The van der Waals surface area contributed by atoms with E-state index in [-0.39, 0.29) is 19.7 Å². The minimum Gasteiger partial charge on any atom is -0.465 e. The van der Waals surface area contributed by atoms with Gasteiger partial charge in [-0.2, -0.15) is 0 Å². The molecule has 10 nitrogen and oxygen atoms in total. The molecule has 10 heteroatoms. The van der Waals surface area contributed by atoms with Gasteiger partial charge in [-0.3, -0.25) is 25.0 Å². The molecule has 1 saturated carbocycles. The number of ether oxygens (including phenoxy) is 1. The highest BCUT2D eigenvalue weighted by molar-refractivity contribution is 6.11. The molecule has 0 aromatic heterocycles. The van der Waals surface area contributed by atoms with E-state index in [0.29, 0.717) is 6.42 Å². The molecule has 0 radical (unpaired) electrons. The van der Waals surface area contributed by atoms with Crippen molar-refractivity contribution in [2.24, 2.45) is 16.7 Å². The van der Waals surface area contributed by atoms with E-state index in [2.05, 4.69) is 10.6 Å². The van der Waals surface area contributed by atoms with Crippen LogP contribution in [0.25, 0.3) is 0 Å². The van der Waals surface area contributed by atoms with Crippen molar-refractivity contribution >= 4 is 29.8 Å². The largest absolute Gasteiger partial charge is 0.465 e. The Kier molecular flexibility index (Phi) is 3.57. The highest BCUT2D eigenvalue weighted by Gasteiger charge is 2.81. The van der Waals surface area contributed by atoms with Crippen LogP contribution in [0.3, 0.4) is 0 Å². The van der Waals surface area contributed by atoms with Crippen LogP contribution in [0.5, 0.6) is 0 Å². The molecule has 0 bridgehead atoms. The Labute approximate surface area is 155 Å². The SMILES string of the molecule is CCCOC(=O)C1CN2C(=O)NC(=O)C3(C)C2C2N(C1)C(=O)NC(=O)C23C. The van der Waals surface area contributed by atoms with Crippen LogP contribution >= 0.6 is 0 Å². The van der Waals surface area contributed by atoms with Gasteiger partial charge in [0, 0.05) is 13.1 Å². The highest BCUT2D eigenvalue weighted by atomic mass is 16.5. The number of rotatable bonds is 3. The van der Waals surface area contributed by atoms with Crippen molar-refractivity contribution in [3.63, 3.8) is 0 Å². The summed E-state index contributed by atoms with van der Waals surface area (Å²) < 4.78 is 5.23. The van der Waals surface area contributed by atoms with Crippen LogP contribution < -0.4 is 10.6 Å². The Morgan fingerprint density at radius 1 is 1.00 bits per heavy atom. The van der Waals surface area contributed by atoms with Gasteiger partial charge in [-0.25, -0.2) is 9.59 Å². The van der Waals surface area contributed by atoms with E-state index in [1.165, 1.54) is 9.80 Å². The van der Waals surface area contributed by atoms with Crippen molar-refractivity contribution in [2.75, 3.05) is 19.7 Å². The first-order chi connectivity index (χ1) is 12.7. The van der Waals surface area contributed by atoms with Gasteiger partial charge in [0.15, 0.2) is 0 Å². The summed E-state index contributed by atoms with van der Waals surface area (Å²) in [4.78, 5) is 65.7. The molecule has 4 fully saturated rings. The number of carbonyl (C=O) groups is 5. The second kappa shape index (κ2) is 5.43. The van der Waals surface area contributed by atoms with Crippen molar-refractivity contribution in [3.8, 4) is 0 Å². The topological polar surface area (TPSA) is 125 Å². The second-order valence-corrected chi connectivity index (χ2v) is 7.98. The Balaban J connectivity index is 1.78. The average Bonchev–Trinajstić information content (AvgIpc) is 2.80. The molecule has 0 aromatic rings. The number of nitrogens with one attached hydrogen (secondary N) is 2. The summed E-state index contributed by atoms with van der Waals surface area (Å²) in [6.45, 7) is 5.41. The first-order valence-electron chi connectivity index (χ1n) is 9.08. The number of amides is 6. The molecule has 3 heterocycles. The number of imide groups is 2. The summed E-state index contributed by atoms with van der Waals surface area (Å²) in [6.07, 6.45) is 0.650. The minimum absolute atomic E-state index is 0.0203. The quantitative estimate of drug-likeness (QED) is 0.634. The van der Waals surface area contributed by atoms with Gasteiger partial charge >= 0.3 is 18.0 Å². The summed E-state index contributed by atoms with van der Waals surface area (Å²) in [5.41, 5.74) is -2.40. The third-order valence-corrected chi connectivity index (χ3v) is 6.75. The molecule has 4 rings (SSSR count). The maximum absolute atomic E-state index is 12.7. The summed E-state index contributed by atoms with van der Waals surface area (Å²) >= 11 is 0. The van der Waals surface area contributed by atoms with Gasteiger partial charge in [0.1, 0.15) is 0 Å². The maximum Gasteiger partial charge on any atom is 0.324 e. The van der Waals surface area contributed by atoms with Crippen LogP contribution in [-0.2, 0) is 19.1 Å². The fourth-order valence-corrected chi connectivity index (χ4v) is 5.10. The molecule has 4 atom stereocenters. The number of fused-ring (bicyclic) bond motifs is 1. The van der Waals surface area contributed by atoms with Crippen molar-refractivity contribution in [1.29, 1.82) is 0 Å². The van der Waals surface area contributed by atoms with Gasteiger partial charge in [-0.05, 0) is 20.3 Å². The van der Waals surface area contributed by atoms with Crippen molar-refractivity contribution in [1.82, 2.24) is 20.4 Å². The van der Waals surface area contributed by atoms with Crippen LogP contribution in [0.15, 0.2) is 0 Å². The molecular formula is C17H22N4O6. The standard InChI is InChI=1S/C17H22N4O6/c1-4-5-27-11(22)8-6-20-9-10-17(3,13(24)19-15(26)21(10)7-8)16(9,2)12(23)18-14(20)25/h8-10H,4-7H2,1-3H3,(H,18,23,25)(H,19,24,26). The molecule has 6 amide bonds. The fourth-order valence-electron chi connectivity index (χ4n) is 5.10. The maximum atomic E-state index is 12.7. The van der Waals surface area contributed by atoms with Crippen LogP contribution in [-0.4, -0.2) is 71.4 Å². The lowest BCUT2D eigenvalue weighted by atomic mass is 9.42. The van der Waals surface area contributed by atoms with E-state index in [4.69, 9.17) is 4.74 Å². The van der Waals surface area contributed by atoms with Gasteiger partial charge in [-0.15, -0.1) is 0 Å². The van der Waals surface area contributed by atoms with E-state index < -0.39 is 58.7 Å².